The molecule has 1 aromatic heterocycles. The van der Waals surface area contributed by atoms with Gasteiger partial charge in [-0.2, -0.15) is 0 Å². The normalized spacial score (nSPS) is 17.0. The molecule has 2 aromatic rings. The molecule has 1 saturated heterocycles. The SMILES string of the molecule is Cc1c(C(=O)NCC2CCCNC2)nnn1-c1ccc(F)c(Cl)c1.Cl. The molecule has 3 rings (SSSR count). The largest absolute Gasteiger partial charge is 0.350 e. The number of piperidine rings is 1. The summed E-state index contributed by atoms with van der Waals surface area (Å²) >= 11 is 5.80. The first-order chi connectivity index (χ1) is 11.6. The van der Waals surface area contributed by atoms with Crippen LogP contribution >= 0.6 is 24.0 Å². The molecule has 25 heavy (non-hydrogen) atoms. The first-order valence-corrected chi connectivity index (χ1v) is 8.30. The Kier molecular flexibility index (Phi) is 6.75. The second-order valence-corrected chi connectivity index (χ2v) is 6.36. The summed E-state index contributed by atoms with van der Waals surface area (Å²) in [5, 5.41) is 14.2. The van der Waals surface area contributed by atoms with E-state index in [0.717, 1.165) is 25.9 Å². The fraction of sp³-hybridized carbons (Fsp3) is 0.438. The third kappa shape index (κ3) is 4.48. The van der Waals surface area contributed by atoms with Crippen molar-refractivity contribution in [1.82, 2.24) is 25.6 Å². The Labute approximate surface area is 156 Å². The van der Waals surface area contributed by atoms with Crippen molar-refractivity contribution in [2.24, 2.45) is 5.92 Å². The predicted octanol–water partition coefficient (Wildman–Crippen LogP) is 2.52. The van der Waals surface area contributed by atoms with Gasteiger partial charge < -0.3 is 10.6 Å². The number of carbonyl (C=O) groups is 1. The van der Waals surface area contributed by atoms with Crippen LogP contribution in [0.4, 0.5) is 4.39 Å². The minimum Gasteiger partial charge on any atom is -0.350 e. The Balaban J connectivity index is 0.00000225. The summed E-state index contributed by atoms with van der Waals surface area (Å²) in [6, 6.07) is 4.25. The highest BCUT2D eigenvalue weighted by molar-refractivity contribution is 6.30. The van der Waals surface area contributed by atoms with Gasteiger partial charge in [-0.3, -0.25) is 4.79 Å². The number of nitrogens with one attached hydrogen (secondary N) is 2. The maximum atomic E-state index is 13.3. The molecule has 0 bridgehead atoms. The number of hydrogen-bond donors (Lipinski definition) is 2. The van der Waals surface area contributed by atoms with Gasteiger partial charge in [0.15, 0.2) is 5.69 Å². The van der Waals surface area contributed by atoms with Gasteiger partial charge in [-0.1, -0.05) is 16.8 Å². The number of carbonyl (C=O) groups excluding carboxylic acids is 1. The van der Waals surface area contributed by atoms with Gasteiger partial charge >= 0.3 is 0 Å². The number of nitrogens with zero attached hydrogens (tertiary/aromatic N) is 3. The molecule has 1 amide bonds. The van der Waals surface area contributed by atoms with Gasteiger partial charge in [0, 0.05) is 6.54 Å². The Morgan fingerprint density at radius 2 is 2.32 bits per heavy atom. The third-order valence-electron chi connectivity index (χ3n) is 4.21. The summed E-state index contributed by atoms with van der Waals surface area (Å²) in [4.78, 5) is 12.3. The zero-order chi connectivity index (χ0) is 17.1. The average Bonchev–Trinajstić information content (AvgIpc) is 2.98. The van der Waals surface area contributed by atoms with Crippen LogP contribution in [0.3, 0.4) is 0 Å². The minimum absolute atomic E-state index is 0. The van der Waals surface area contributed by atoms with E-state index in [-0.39, 0.29) is 29.0 Å². The minimum atomic E-state index is -0.503. The summed E-state index contributed by atoms with van der Waals surface area (Å²) in [5.41, 5.74) is 1.40. The van der Waals surface area contributed by atoms with Crippen molar-refractivity contribution in [3.8, 4) is 5.69 Å². The number of rotatable bonds is 4. The molecule has 0 radical (unpaired) electrons. The van der Waals surface area contributed by atoms with Crippen molar-refractivity contribution in [3.05, 3.63) is 40.4 Å². The predicted molar refractivity (Wildman–Crippen MR) is 96.2 cm³/mol. The van der Waals surface area contributed by atoms with Gasteiger partial charge in [-0.15, -0.1) is 17.5 Å². The van der Waals surface area contributed by atoms with Crippen molar-refractivity contribution in [2.75, 3.05) is 19.6 Å². The topological polar surface area (TPSA) is 71.8 Å². The van der Waals surface area contributed by atoms with Crippen LogP contribution in [0.5, 0.6) is 0 Å². The lowest BCUT2D eigenvalue weighted by atomic mass is 10.00. The highest BCUT2D eigenvalue weighted by Gasteiger charge is 2.20. The molecule has 1 aliphatic heterocycles. The Bertz CT molecular complexity index is 746. The quantitative estimate of drug-likeness (QED) is 0.845. The summed E-state index contributed by atoms with van der Waals surface area (Å²) in [6.45, 7) is 4.31. The van der Waals surface area contributed by atoms with Gasteiger partial charge in [-0.05, 0) is 57.0 Å². The monoisotopic (exact) mass is 387 g/mol. The van der Waals surface area contributed by atoms with Crippen LogP contribution in [-0.2, 0) is 0 Å². The van der Waals surface area contributed by atoms with Crippen molar-refractivity contribution >= 4 is 29.9 Å². The van der Waals surface area contributed by atoms with Crippen LogP contribution in [0.15, 0.2) is 18.2 Å². The van der Waals surface area contributed by atoms with E-state index in [0.29, 0.717) is 23.8 Å². The summed E-state index contributed by atoms with van der Waals surface area (Å²) in [5.74, 6) is -0.316. The van der Waals surface area contributed by atoms with E-state index in [4.69, 9.17) is 11.6 Å². The van der Waals surface area contributed by atoms with Crippen molar-refractivity contribution in [3.63, 3.8) is 0 Å². The smallest absolute Gasteiger partial charge is 0.273 e. The van der Waals surface area contributed by atoms with Gasteiger partial charge in [0.2, 0.25) is 0 Å². The molecule has 2 heterocycles. The maximum Gasteiger partial charge on any atom is 0.273 e. The first-order valence-electron chi connectivity index (χ1n) is 7.93. The van der Waals surface area contributed by atoms with Crippen molar-refractivity contribution in [1.29, 1.82) is 0 Å². The molecule has 9 heteroatoms. The van der Waals surface area contributed by atoms with Gasteiger partial charge in [0.05, 0.1) is 16.4 Å². The first kappa shape index (κ1) is 19.6. The molecular formula is C16H20Cl2FN5O. The van der Waals surface area contributed by atoms with Crippen LogP contribution in [0.25, 0.3) is 5.69 Å². The molecular weight excluding hydrogens is 368 g/mol. The maximum absolute atomic E-state index is 13.3. The fourth-order valence-electron chi connectivity index (χ4n) is 2.82. The molecule has 0 aliphatic carbocycles. The van der Waals surface area contributed by atoms with Crippen LogP contribution in [0.1, 0.15) is 29.0 Å². The zero-order valence-electron chi connectivity index (χ0n) is 13.8. The van der Waals surface area contributed by atoms with E-state index in [1.54, 1.807) is 6.92 Å². The molecule has 136 valence electrons. The summed E-state index contributed by atoms with van der Waals surface area (Å²) < 4.78 is 14.8. The molecule has 1 aliphatic rings. The highest BCUT2D eigenvalue weighted by Crippen LogP contribution is 2.20. The van der Waals surface area contributed by atoms with E-state index in [2.05, 4.69) is 20.9 Å². The Morgan fingerprint density at radius 1 is 1.52 bits per heavy atom. The molecule has 6 nitrogen and oxygen atoms in total. The van der Waals surface area contributed by atoms with Crippen LogP contribution < -0.4 is 10.6 Å². The number of hydrogen-bond acceptors (Lipinski definition) is 4. The summed E-state index contributed by atoms with van der Waals surface area (Å²) in [7, 11) is 0. The lowest BCUT2D eigenvalue weighted by Crippen LogP contribution is -2.38. The fourth-order valence-corrected chi connectivity index (χ4v) is 2.99. The number of halogens is 3. The molecule has 1 atom stereocenters. The van der Waals surface area contributed by atoms with Gasteiger partial charge in [0.25, 0.3) is 5.91 Å². The average molecular weight is 388 g/mol. The van der Waals surface area contributed by atoms with Crippen LogP contribution in [0, 0.1) is 18.7 Å². The third-order valence-corrected chi connectivity index (χ3v) is 4.50. The Morgan fingerprint density at radius 3 is 3.00 bits per heavy atom. The molecule has 0 saturated carbocycles. The van der Waals surface area contributed by atoms with Gasteiger partial charge in [-0.25, -0.2) is 9.07 Å². The number of amides is 1. The van der Waals surface area contributed by atoms with Gasteiger partial charge in [0.1, 0.15) is 5.82 Å². The van der Waals surface area contributed by atoms with E-state index in [1.165, 1.54) is 22.9 Å². The molecule has 0 spiro atoms. The van der Waals surface area contributed by atoms with Crippen LogP contribution in [-0.4, -0.2) is 40.5 Å². The van der Waals surface area contributed by atoms with E-state index in [1.807, 2.05) is 0 Å². The molecule has 1 fully saturated rings. The van der Waals surface area contributed by atoms with E-state index >= 15 is 0 Å². The molecule has 1 unspecified atom stereocenters. The highest BCUT2D eigenvalue weighted by atomic mass is 35.5. The Hall–Kier alpha value is -1.70. The van der Waals surface area contributed by atoms with Crippen molar-refractivity contribution < 1.29 is 9.18 Å². The zero-order valence-corrected chi connectivity index (χ0v) is 15.3. The van der Waals surface area contributed by atoms with E-state index < -0.39 is 5.82 Å². The molecule has 1 aromatic carbocycles. The lowest BCUT2D eigenvalue weighted by Gasteiger charge is -2.22. The summed E-state index contributed by atoms with van der Waals surface area (Å²) in [6.07, 6.45) is 2.23. The van der Waals surface area contributed by atoms with E-state index in [9.17, 15) is 9.18 Å². The second kappa shape index (κ2) is 8.60. The standard InChI is InChI=1S/C16H19ClFN5O.ClH/c1-10-15(16(24)20-9-11-3-2-6-19-8-11)21-22-23(10)12-4-5-14(18)13(17)7-12;/h4-5,7,11,19H,2-3,6,8-9H2,1H3,(H,20,24);1H. The van der Waals surface area contributed by atoms with Crippen molar-refractivity contribution in [2.45, 2.75) is 19.8 Å². The molecule has 2 N–H and O–H groups in total. The second-order valence-electron chi connectivity index (χ2n) is 5.96. The lowest BCUT2D eigenvalue weighted by molar-refractivity contribution is 0.0939. The number of aromatic nitrogens is 3. The van der Waals surface area contributed by atoms with Crippen LogP contribution in [0.2, 0.25) is 5.02 Å². The number of benzene rings is 1.